The van der Waals surface area contributed by atoms with Crippen LogP contribution in [0.15, 0.2) is 54.6 Å². The van der Waals surface area contributed by atoms with E-state index in [1.54, 1.807) is 9.58 Å². The summed E-state index contributed by atoms with van der Waals surface area (Å²) in [5.41, 5.74) is 10.1. The standard InChI is InChI=1S/C21H25N5O.ClH/c1-16-8-10-19(11-9-16)26-17(2)20(23-24-26)21(27)25(15-13-22)14-12-18-6-4-3-5-7-18;/h3-11H,12-15,22H2,1-2H3;1H. The normalized spacial score (nSPS) is 10.4. The van der Waals surface area contributed by atoms with Gasteiger partial charge in [-0.1, -0.05) is 53.2 Å². The number of hydrogen-bond donors (Lipinski definition) is 1. The van der Waals surface area contributed by atoms with E-state index in [-0.39, 0.29) is 18.3 Å². The summed E-state index contributed by atoms with van der Waals surface area (Å²) in [5, 5.41) is 8.34. The summed E-state index contributed by atoms with van der Waals surface area (Å²) in [6, 6.07) is 18.1. The first-order chi connectivity index (χ1) is 13.1. The van der Waals surface area contributed by atoms with Crippen LogP contribution in [0.1, 0.15) is 27.3 Å². The van der Waals surface area contributed by atoms with Crippen molar-refractivity contribution in [3.05, 3.63) is 77.1 Å². The van der Waals surface area contributed by atoms with Gasteiger partial charge >= 0.3 is 0 Å². The van der Waals surface area contributed by atoms with Crippen molar-refractivity contribution in [2.45, 2.75) is 20.3 Å². The van der Waals surface area contributed by atoms with E-state index < -0.39 is 0 Å². The summed E-state index contributed by atoms with van der Waals surface area (Å²) in [6.45, 7) is 5.39. The van der Waals surface area contributed by atoms with Crippen molar-refractivity contribution in [3.8, 4) is 5.69 Å². The molecule has 7 heteroatoms. The lowest BCUT2D eigenvalue weighted by molar-refractivity contribution is 0.0755. The summed E-state index contributed by atoms with van der Waals surface area (Å²) in [5.74, 6) is -0.132. The summed E-state index contributed by atoms with van der Waals surface area (Å²) in [4.78, 5) is 14.8. The zero-order valence-corrected chi connectivity index (χ0v) is 17.0. The van der Waals surface area contributed by atoms with E-state index in [2.05, 4.69) is 22.4 Å². The topological polar surface area (TPSA) is 77.0 Å². The molecule has 0 radical (unpaired) electrons. The lowest BCUT2D eigenvalue weighted by Gasteiger charge is -2.21. The molecule has 1 heterocycles. The lowest BCUT2D eigenvalue weighted by Crippen LogP contribution is -2.37. The fourth-order valence-corrected chi connectivity index (χ4v) is 2.99. The van der Waals surface area contributed by atoms with Gasteiger partial charge in [0.1, 0.15) is 0 Å². The number of amides is 1. The van der Waals surface area contributed by atoms with Gasteiger partial charge in [0.2, 0.25) is 0 Å². The molecule has 0 fully saturated rings. The minimum Gasteiger partial charge on any atom is -0.336 e. The Morgan fingerprint density at radius 3 is 2.36 bits per heavy atom. The van der Waals surface area contributed by atoms with Crippen LogP contribution in [0.3, 0.4) is 0 Å². The average molecular weight is 400 g/mol. The molecule has 0 saturated carbocycles. The van der Waals surface area contributed by atoms with Crippen LogP contribution in [-0.2, 0) is 6.42 Å². The van der Waals surface area contributed by atoms with Crippen LogP contribution in [0.5, 0.6) is 0 Å². The van der Waals surface area contributed by atoms with Gasteiger partial charge in [0.15, 0.2) is 5.69 Å². The molecule has 2 N–H and O–H groups in total. The lowest BCUT2D eigenvalue weighted by atomic mass is 10.1. The van der Waals surface area contributed by atoms with Crippen molar-refractivity contribution in [1.82, 2.24) is 19.9 Å². The van der Waals surface area contributed by atoms with Crippen molar-refractivity contribution >= 4 is 18.3 Å². The molecule has 3 rings (SSSR count). The molecule has 0 saturated heterocycles. The summed E-state index contributed by atoms with van der Waals surface area (Å²) >= 11 is 0. The first-order valence-corrected chi connectivity index (χ1v) is 9.12. The number of carbonyl (C=O) groups excluding carboxylic acids is 1. The maximum absolute atomic E-state index is 13.0. The molecule has 0 aliphatic heterocycles. The quantitative estimate of drug-likeness (QED) is 0.662. The van der Waals surface area contributed by atoms with Crippen LogP contribution >= 0.6 is 12.4 Å². The first-order valence-electron chi connectivity index (χ1n) is 9.12. The molecule has 2 aromatic carbocycles. The second kappa shape index (κ2) is 10.0. The number of hydrogen-bond acceptors (Lipinski definition) is 4. The number of benzene rings is 2. The van der Waals surface area contributed by atoms with Crippen LogP contribution in [0.25, 0.3) is 5.69 Å². The van der Waals surface area contributed by atoms with Crippen molar-refractivity contribution in [2.75, 3.05) is 19.6 Å². The predicted molar refractivity (Wildman–Crippen MR) is 113 cm³/mol. The number of nitrogens with zero attached hydrogens (tertiary/aromatic N) is 4. The Kier molecular flexibility index (Phi) is 7.72. The van der Waals surface area contributed by atoms with E-state index >= 15 is 0 Å². The van der Waals surface area contributed by atoms with Gasteiger partial charge in [0.05, 0.1) is 11.4 Å². The largest absolute Gasteiger partial charge is 0.336 e. The van der Waals surface area contributed by atoms with Gasteiger partial charge in [-0.15, -0.1) is 17.5 Å². The number of aromatic nitrogens is 3. The SMILES string of the molecule is Cc1ccc(-n2nnc(C(=O)N(CCN)CCc3ccccc3)c2C)cc1.Cl. The van der Waals surface area contributed by atoms with E-state index in [0.717, 1.165) is 17.8 Å². The van der Waals surface area contributed by atoms with Crippen LogP contribution < -0.4 is 5.73 Å². The number of nitrogens with two attached hydrogens (primary N) is 1. The maximum atomic E-state index is 13.0. The van der Waals surface area contributed by atoms with E-state index in [0.29, 0.717) is 25.3 Å². The van der Waals surface area contributed by atoms with Gasteiger partial charge in [0, 0.05) is 19.6 Å². The molecule has 148 valence electrons. The Hall–Kier alpha value is -2.70. The summed E-state index contributed by atoms with van der Waals surface area (Å²) < 4.78 is 1.70. The molecule has 0 spiro atoms. The minimum atomic E-state index is -0.132. The third kappa shape index (κ3) is 4.97. The molecular formula is C21H26ClN5O. The highest BCUT2D eigenvalue weighted by atomic mass is 35.5. The van der Waals surface area contributed by atoms with Crippen LogP contribution in [0.2, 0.25) is 0 Å². The third-order valence-electron chi connectivity index (χ3n) is 4.58. The van der Waals surface area contributed by atoms with E-state index in [9.17, 15) is 4.79 Å². The number of rotatable bonds is 7. The molecule has 0 aliphatic carbocycles. The molecule has 1 amide bonds. The van der Waals surface area contributed by atoms with Gasteiger partial charge in [0.25, 0.3) is 5.91 Å². The Morgan fingerprint density at radius 1 is 1.04 bits per heavy atom. The Labute approximate surface area is 171 Å². The molecular weight excluding hydrogens is 374 g/mol. The molecule has 1 aromatic heterocycles. The highest BCUT2D eigenvalue weighted by molar-refractivity contribution is 5.93. The molecule has 3 aromatic rings. The second-order valence-corrected chi connectivity index (χ2v) is 6.59. The van der Waals surface area contributed by atoms with Gasteiger partial charge in [-0.2, -0.15) is 0 Å². The second-order valence-electron chi connectivity index (χ2n) is 6.59. The minimum absolute atomic E-state index is 0. The monoisotopic (exact) mass is 399 g/mol. The van der Waals surface area contributed by atoms with Crippen molar-refractivity contribution in [3.63, 3.8) is 0 Å². The van der Waals surface area contributed by atoms with Crippen molar-refractivity contribution in [2.24, 2.45) is 5.73 Å². The fourth-order valence-electron chi connectivity index (χ4n) is 2.99. The predicted octanol–water partition coefficient (Wildman–Crippen LogP) is 2.95. The molecule has 0 unspecified atom stereocenters. The highest BCUT2D eigenvalue weighted by Crippen LogP contribution is 2.15. The molecule has 0 aliphatic rings. The number of aryl methyl sites for hydroxylation is 1. The van der Waals surface area contributed by atoms with Gasteiger partial charge < -0.3 is 10.6 Å². The molecule has 28 heavy (non-hydrogen) atoms. The molecule has 6 nitrogen and oxygen atoms in total. The Bertz CT molecular complexity index is 893. The van der Waals surface area contributed by atoms with Crippen LogP contribution in [0.4, 0.5) is 0 Å². The highest BCUT2D eigenvalue weighted by Gasteiger charge is 2.22. The van der Waals surface area contributed by atoms with E-state index in [4.69, 9.17) is 5.73 Å². The van der Waals surface area contributed by atoms with Crippen LogP contribution in [-0.4, -0.2) is 45.4 Å². The first kappa shape index (κ1) is 21.6. The van der Waals surface area contributed by atoms with Gasteiger partial charge in [-0.25, -0.2) is 4.68 Å². The average Bonchev–Trinajstić information content (AvgIpc) is 3.07. The van der Waals surface area contributed by atoms with Gasteiger partial charge in [-0.05, 0) is 38.0 Å². The van der Waals surface area contributed by atoms with Crippen molar-refractivity contribution < 1.29 is 4.79 Å². The van der Waals surface area contributed by atoms with E-state index in [1.165, 1.54) is 11.1 Å². The zero-order chi connectivity index (χ0) is 19.2. The third-order valence-corrected chi connectivity index (χ3v) is 4.58. The zero-order valence-electron chi connectivity index (χ0n) is 16.2. The smallest absolute Gasteiger partial charge is 0.276 e. The molecule has 0 atom stereocenters. The number of halogens is 1. The van der Waals surface area contributed by atoms with Crippen molar-refractivity contribution in [1.29, 1.82) is 0 Å². The Balaban J connectivity index is 0.00000280. The maximum Gasteiger partial charge on any atom is 0.276 e. The summed E-state index contributed by atoms with van der Waals surface area (Å²) in [6.07, 6.45) is 0.776. The van der Waals surface area contributed by atoms with Crippen LogP contribution in [0, 0.1) is 13.8 Å². The van der Waals surface area contributed by atoms with Gasteiger partial charge in [-0.3, -0.25) is 4.79 Å². The fraction of sp³-hybridized carbons (Fsp3) is 0.286. The summed E-state index contributed by atoms with van der Waals surface area (Å²) in [7, 11) is 0. The number of carbonyl (C=O) groups is 1. The molecule has 0 bridgehead atoms. The Morgan fingerprint density at radius 2 is 1.71 bits per heavy atom. The van der Waals surface area contributed by atoms with E-state index in [1.807, 2.05) is 56.3 Å².